The van der Waals surface area contributed by atoms with Gasteiger partial charge in [0.15, 0.2) is 6.79 Å². The van der Waals surface area contributed by atoms with Crippen molar-refractivity contribution in [1.29, 1.82) is 0 Å². The maximum Gasteiger partial charge on any atom is 0.498 e. The number of nitrogens with zero attached hydrogens (tertiary/aromatic N) is 1. The molecule has 0 atom stereocenters. The first-order valence-corrected chi connectivity index (χ1v) is 6.82. The summed E-state index contributed by atoms with van der Waals surface area (Å²) < 4.78 is 27.7. The molecule has 7 heteroatoms. The van der Waals surface area contributed by atoms with E-state index < -0.39 is 18.3 Å². The van der Waals surface area contributed by atoms with Crippen LogP contribution in [0.1, 0.15) is 27.7 Å². The third-order valence-corrected chi connectivity index (χ3v) is 3.92. The van der Waals surface area contributed by atoms with Crippen molar-refractivity contribution in [1.82, 2.24) is 4.98 Å². The topological polar surface area (TPSA) is 59.0 Å². The fourth-order valence-corrected chi connectivity index (χ4v) is 1.95. The van der Waals surface area contributed by atoms with Crippen molar-refractivity contribution >= 4 is 12.6 Å². The zero-order valence-corrected chi connectivity index (χ0v) is 13.4. The van der Waals surface area contributed by atoms with Crippen molar-refractivity contribution in [3.05, 3.63) is 12.3 Å². The first-order valence-electron chi connectivity index (χ1n) is 6.82. The molecule has 0 radical (unpaired) electrons. The van der Waals surface area contributed by atoms with Crippen LogP contribution in [-0.4, -0.2) is 44.3 Å². The number of rotatable bonds is 5. The Bertz CT molecular complexity index is 490. The van der Waals surface area contributed by atoms with E-state index in [1.54, 1.807) is 26.5 Å². The molecule has 1 aliphatic heterocycles. The minimum Gasteiger partial charge on any atom is -0.481 e. The number of aromatic nitrogens is 1. The largest absolute Gasteiger partial charge is 0.498 e. The lowest BCUT2D eigenvalue weighted by Crippen LogP contribution is -2.41. The van der Waals surface area contributed by atoms with Crippen LogP contribution < -0.4 is 14.9 Å². The van der Waals surface area contributed by atoms with Crippen LogP contribution in [0.3, 0.4) is 0 Å². The summed E-state index contributed by atoms with van der Waals surface area (Å²) in [6, 6.07) is 1.76. The smallest absolute Gasteiger partial charge is 0.481 e. The molecule has 0 N–H and O–H groups in total. The molecule has 1 aromatic heterocycles. The Morgan fingerprint density at radius 2 is 1.76 bits per heavy atom. The van der Waals surface area contributed by atoms with Crippen LogP contribution in [0, 0.1) is 0 Å². The Hall–Kier alpha value is -1.31. The highest BCUT2D eigenvalue weighted by Gasteiger charge is 2.52. The van der Waals surface area contributed by atoms with Crippen LogP contribution in [0.15, 0.2) is 12.3 Å². The van der Waals surface area contributed by atoms with Crippen molar-refractivity contribution in [3.63, 3.8) is 0 Å². The van der Waals surface area contributed by atoms with Gasteiger partial charge in [0.05, 0.1) is 24.5 Å². The number of hydrogen-bond donors (Lipinski definition) is 0. The van der Waals surface area contributed by atoms with Gasteiger partial charge in [-0.05, 0) is 27.7 Å². The van der Waals surface area contributed by atoms with Gasteiger partial charge in [-0.25, -0.2) is 4.98 Å². The van der Waals surface area contributed by atoms with E-state index >= 15 is 0 Å². The molecule has 0 unspecified atom stereocenters. The second kappa shape index (κ2) is 5.83. The van der Waals surface area contributed by atoms with Gasteiger partial charge in [0.25, 0.3) is 0 Å². The lowest BCUT2D eigenvalue weighted by molar-refractivity contribution is 0.00578. The van der Waals surface area contributed by atoms with Crippen LogP contribution in [0.5, 0.6) is 11.6 Å². The minimum atomic E-state index is -0.543. The lowest BCUT2D eigenvalue weighted by Gasteiger charge is -2.32. The van der Waals surface area contributed by atoms with Crippen molar-refractivity contribution in [2.24, 2.45) is 0 Å². The van der Waals surface area contributed by atoms with Gasteiger partial charge >= 0.3 is 7.12 Å². The van der Waals surface area contributed by atoms with Gasteiger partial charge in [-0.2, -0.15) is 0 Å². The highest BCUT2D eigenvalue weighted by molar-refractivity contribution is 6.63. The van der Waals surface area contributed by atoms with Crippen molar-refractivity contribution in [2.45, 2.75) is 38.9 Å². The Labute approximate surface area is 125 Å². The Kier molecular flexibility index (Phi) is 4.46. The van der Waals surface area contributed by atoms with E-state index in [1.165, 1.54) is 0 Å². The third-order valence-electron chi connectivity index (χ3n) is 3.92. The Morgan fingerprint density at radius 3 is 2.29 bits per heavy atom. The summed E-state index contributed by atoms with van der Waals surface area (Å²) in [5.41, 5.74) is -0.114. The average Bonchev–Trinajstić information content (AvgIpc) is 2.65. The van der Waals surface area contributed by atoms with E-state index in [9.17, 15) is 0 Å². The van der Waals surface area contributed by atoms with Crippen LogP contribution in [0.25, 0.3) is 0 Å². The summed E-state index contributed by atoms with van der Waals surface area (Å²) in [4.78, 5) is 4.14. The Morgan fingerprint density at radius 1 is 1.14 bits per heavy atom. The monoisotopic (exact) mass is 295 g/mol. The molecule has 2 heterocycles. The molecule has 116 valence electrons. The molecular formula is C14H22BNO5. The maximum absolute atomic E-state index is 6.04. The molecule has 2 rings (SSSR count). The van der Waals surface area contributed by atoms with Gasteiger partial charge in [0.1, 0.15) is 5.75 Å². The lowest BCUT2D eigenvalue weighted by atomic mass is 9.79. The molecule has 0 amide bonds. The standard InChI is InChI=1S/C14H22BNO5/c1-13(2)14(3,4)21-15(20-13)10-7-12(18-6)16-8-11(10)19-9-17-5/h7-8H,9H2,1-6H3. The molecule has 0 aromatic carbocycles. The molecule has 0 saturated carbocycles. The molecule has 0 aliphatic carbocycles. The predicted molar refractivity (Wildman–Crippen MR) is 79.0 cm³/mol. The number of methoxy groups -OCH3 is 2. The third kappa shape index (κ3) is 3.15. The molecule has 6 nitrogen and oxygen atoms in total. The first-order chi connectivity index (χ1) is 9.80. The number of hydrogen-bond acceptors (Lipinski definition) is 6. The van der Waals surface area contributed by atoms with Gasteiger partial charge in [-0.15, -0.1) is 0 Å². The molecule has 21 heavy (non-hydrogen) atoms. The van der Waals surface area contributed by atoms with Crippen LogP contribution >= 0.6 is 0 Å². The van der Waals surface area contributed by atoms with Crippen LogP contribution in [0.4, 0.5) is 0 Å². The zero-order valence-electron chi connectivity index (χ0n) is 13.4. The quantitative estimate of drug-likeness (QED) is 0.604. The molecule has 0 spiro atoms. The summed E-state index contributed by atoms with van der Waals surface area (Å²) in [5, 5.41) is 0. The predicted octanol–water partition coefficient (Wildman–Crippen LogP) is 1.37. The summed E-state index contributed by atoms with van der Waals surface area (Å²) in [5.74, 6) is 1.03. The van der Waals surface area contributed by atoms with E-state index in [1.807, 2.05) is 27.7 Å². The van der Waals surface area contributed by atoms with Crippen molar-refractivity contribution < 1.29 is 23.5 Å². The van der Waals surface area contributed by atoms with E-state index in [4.69, 9.17) is 23.5 Å². The van der Waals surface area contributed by atoms with Gasteiger partial charge in [0.2, 0.25) is 5.88 Å². The second-order valence-corrected chi connectivity index (χ2v) is 5.90. The van der Waals surface area contributed by atoms with E-state index in [2.05, 4.69) is 4.98 Å². The molecule has 1 aromatic rings. The molecule has 0 bridgehead atoms. The maximum atomic E-state index is 6.04. The first kappa shape index (κ1) is 16.1. The molecular weight excluding hydrogens is 273 g/mol. The summed E-state index contributed by atoms with van der Waals surface area (Å²) >= 11 is 0. The summed E-state index contributed by atoms with van der Waals surface area (Å²) in [7, 11) is 2.58. The molecule has 1 aliphatic rings. The highest BCUT2D eigenvalue weighted by atomic mass is 16.7. The zero-order chi connectivity index (χ0) is 15.7. The number of ether oxygens (including phenoxy) is 3. The summed E-state index contributed by atoms with van der Waals surface area (Å²) in [6.07, 6.45) is 1.58. The van der Waals surface area contributed by atoms with Crippen LogP contribution in [-0.2, 0) is 14.0 Å². The van der Waals surface area contributed by atoms with Crippen molar-refractivity contribution in [3.8, 4) is 11.6 Å². The van der Waals surface area contributed by atoms with E-state index in [-0.39, 0.29) is 6.79 Å². The minimum absolute atomic E-state index is 0.126. The summed E-state index contributed by atoms with van der Waals surface area (Å²) in [6.45, 7) is 8.13. The van der Waals surface area contributed by atoms with E-state index in [0.29, 0.717) is 11.6 Å². The highest BCUT2D eigenvalue weighted by Crippen LogP contribution is 2.37. The van der Waals surface area contributed by atoms with Gasteiger partial charge in [0, 0.05) is 18.6 Å². The van der Waals surface area contributed by atoms with E-state index in [0.717, 1.165) is 5.46 Å². The van der Waals surface area contributed by atoms with Gasteiger partial charge in [-0.3, -0.25) is 0 Å². The normalized spacial score (nSPS) is 19.6. The number of pyridine rings is 1. The second-order valence-electron chi connectivity index (χ2n) is 5.90. The Balaban J connectivity index is 2.33. The fourth-order valence-electron chi connectivity index (χ4n) is 1.95. The molecule has 1 saturated heterocycles. The SMILES string of the molecule is COCOc1cnc(OC)cc1B1OC(C)(C)C(C)(C)O1. The average molecular weight is 295 g/mol. The molecule has 1 fully saturated rings. The van der Waals surface area contributed by atoms with Crippen LogP contribution in [0.2, 0.25) is 0 Å². The van der Waals surface area contributed by atoms with Gasteiger partial charge < -0.3 is 23.5 Å². The van der Waals surface area contributed by atoms with Crippen molar-refractivity contribution in [2.75, 3.05) is 21.0 Å². The van der Waals surface area contributed by atoms with Gasteiger partial charge in [-0.1, -0.05) is 0 Å². The fraction of sp³-hybridized carbons (Fsp3) is 0.643.